The van der Waals surface area contributed by atoms with Gasteiger partial charge in [0.2, 0.25) is 11.8 Å². The van der Waals surface area contributed by atoms with Gasteiger partial charge in [-0.2, -0.15) is 0 Å². The van der Waals surface area contributed by atoms with Gasteiger partial charge in [0.1, 0.15) is 0 Å². The molecule has 1 aliphatic rings. The smallest absolute Gasteiger partial charge is 0.303 e. The van der Waals surface area contributed by atoms with Crippen molar-refractivity contribution in [3.63, 3.8) is 0 Å². The zero-order chi connectivity index (χ0) is 15.9. The van der Waals surface area contributed by atoms with Gasteiger partial charge in [-0.05, 0) is 32.1 Å². The predicted molar refractivity (Wildman–Crippen MR) is 78.7 cm³/mol. The predicted octanol–water partition coefficient (Wildman–Crippen LogP) is 1.40. The molecule has 0 aliphatic heterocycles. The average Bonchev–Trinajstić information content (AvgIpc) is 2.83. The van der Waals surface area contributed by atoms with Gasteiger partial charge in [0.15, 0.2) is 0 Å². The summed E-state index contributed by atoms with van der Waals surface area (Å²) in [5.41, 5.74) is -0.419. The molecule has 0 radical (unpaired) electrons. The van der Waals surface area contributed by atoms with Crippen LogP contribution in [0, 0.1) is 5.41 Å². The van der Waals surface area contributed by atoms with Gasteiger partial charge in [-0.1, -0.05) is 12.8 Å². The number of carbonyl (C=O) groups is 3. The first-order valence-electron chi connectivity index (χ1n) is 7.68. The first-order valence-corrected chi connectivity index (χ1v) is 7.68. The minimum Gasteiger partial charge on any atom is -0.481 e. The van der Waals surface area contributed by atoms with Crippen molar-refractivity contribution in [3.8, 4) is 0 Å². The first kappa shape index (κ1) is 17.5. The van der Waals surface area contributed by atoms with Crippen molar-refractivity contribution in [1.82, 2.24) is 10.2 Å². The highest BCUT2D eigenvalue weighted by atomic mass is 16.4. The molecule has 2 N–H and O–H groups in total. The molecule has 0 aromatic heterocycles. The highest BCUT2D eigenvalue weighted by molar-refractivity contribution is 5.85. The summed E-state index contributed by atoms with van der Waals surface area (Å²) in [6.45, 7) is 4.70. The summed E-state index contributed by atoms with van der Waals surface area (Å²) >= 11 is 0. The largest absolute Gasteiger partial charge is 0.481 e. The van der Waals surface area contributed by atoms with Gasteiger partial charge in [-0.15, -0.1) is 0 Å². The molecule has 1 rings (SSSR count). The number of amides is 2. The van der Waals surface area contributed by atoms with E-state index >= 15 is 0 Å². The van der Waals surface area contributed by atoms with Crippen LogP contribution in [-0.4, -0.2) is 47.4 Å². The fraction of sp³-hybridized carbons (Fsp3) is 0.800. The minimum atomic E-state index is -0.850. The average molecular weight is 298 g/mol. The molecule has 1 aliphatic carbocycles. The lowest BCUT2D eigenvalue weighted by Crippen LogP contribution is -2.42. The molecule has 0 unspecified atom stereocenters. The highest BCUT2D eigenvalue weighted by Gasteiger charge is 2.39. The number of hydrogen-bond acceptors (Lipinski definition) is 3. The molecule has 0 heterocycles. The van der Waals surface area contributed by atoms with E-state index in [2.05, 4.69) is 5.32 Å². The van der Waals surface area contributed by atoms with E-state index < -0.39 is 11.4 Å². The van der Waals surface area contributed by atoms with Crippen LogP contribution in [0.15, 0.2) is 0 Å². The second-order valence-electron chi connectivity index (χ2n) is 5.82. The van der Waals surface area contributed by atoms with E-state index in [1.807, 2.05) is 13.8 Å². The van der Waals surface area contributed by atoms with Crippen molar-refractivity contribution in [1.29, 1.82) is 0 Å². The normalized spacial score (nSPS) is 16.5. The van der Waals surface area contributed by atoms with E-state index in [4.69, 9.17) is 5.11 Å². The van der Waals surface area contributed by atoms with E-state index in [9.17, 15) is 14.4 Å². The highest BCUT2D eigenvalue weighted by Crippen LogP contribution is 2.44. The minimum absolute atomic E-state index is 0.0391. The molecule has 6 heteroatoms. The van der Waals surface area contributed by atoms with Gasteiger partial charge in [-0.3, -0.25) is 14.4 Å². The zero-order valence-corrected chi connectivity index (χ0v) is 13.0. The first-order chi connectivity index (χ1) is 9.92. The van der Waals surface area contributed by atoms with Crippen LogP contribution >= 0.6 is 0 Å². The van der Waals surface area contributed by atoms with E-state index in [-0.39, 0.29) is 31.2 Å². The van der Waals surface area contributed by atoms with Crippen molar-refractivity contribution in [2.45, 2.75) is 52.4 Å². The molecular weight excluding hydrogens is 272 g/mol. The van der Waals surface area contributed by atoms with Gasteiger partial charge in [0.05, 0.1) is 13.0 Å². The summed E-state index contributed by atoms with van der Waals surface area (Å²) in [4.78, 5) is 36.6. The Balaban J connectivity index is 2.66. The lowest BCUT2D eigenvalue weighted by atomic mass is 9.79. The quantitative estimate of drug-likeness (QED) is 0.709. The summed E-state index contributed by atoms with van der Waals surface area (Å²) in [5.74, 6) is -1.14. The van der Waals surface area contributed by atoms with Crippen molar-refractivity contribution >= 4 is 17.8 Å². The van der Waals surface area contributed by atoms with Crippen LogP contribution in [0.2, 0.25) is 0 Å². The molecule has 2 amide bonds. The molecule has 120 valence electrons. The van der Waals surface area contributed by atoms with Gasteiger partial charge >= 0.3 is 5.97 Å². The second-order valence-corrected chi connectivity index (χ2v) is 5.82. The molecule has 0 aromatic rings. The van der Waals surface area contributed by atoms with Crippen LogP contribution in [0.25, 0.3) is 0 Å². The molecule has 1 saturated carbocycles. The Morgan fingerprint density at radius 1 is 1.14 bits per heavy atom. The van der Waals surface area contributed by atoms with Crippen LogP contribution in [0.1, 0.15) is 52.4 Å². The van der Waals surface area contributed by atoms with E-state index in [0.29, 0.717) is 13.1 Å². The molecule has 6 nitrogen and oxygen atoms in total. The number of nitrogens with zero attached hydrogens (tertiary/aromatic N) is 1. The third-order valence-corrected chi connectivity index (χ3v) is 4.16. The lowest BCUT2D eigenvalue weighted by molar-refractivity contribution is -0.142. The fourth-order valence-electron chi connectivity index (χ4n) is 3.10. The molecule has 21 heavy (non-hydrogen) atoms. The van der Waals surface area contributed by atoms with Gasteiger partial charge in [-0.25, -0.2) is 0 Å². The van der Waals surface area contributed by atoms with E-state index in [0.717, 1.165) is 25.7 Å². The Morgan fingerprint density at radius 2 is 1.76 bits per heavy atom. The van der Waals surface area contributed by atoms with Crippen LogP contribution in [0.4, 0.5) is 0 Å². The van der Waals surface area contributed by atoms with Gasteiger partial charge < -0.3 is 15.3 Å². The van der Waals surface area contributed by atoms with Gasteiger partial charge in [0.25, 0.3) is 0 Å². The third kappa shape index (κ3) is 5.36. The van der Waals surface area contributed by atoms with E-state index in [1.54, 1.807) is 0 Å². The van der Waals surface area contributed by atoms with Crippen molar-refractivity contribution in [2.75, 3.05) is 19.6 Å². The maximum absolute atomic E-state index is 12.4. The molecule has 0 atom stereocenters. The Labute approximate surface area is 125 Å². The standard InChI is InChI=1S/C15H26N2O4/c1-3-16-12(18)11-17(4-2)13(19)9-15(10-14(20)21)7-5-6-8-15/h3-11H2,1-2H3,(H,16,18)(H,20,21). The summed E-state index contributed by atoms with van der Waals surface area (Å²) in [6, 6.07) is 0. The summed E-state index contributed by atoms with van der Waals surface area (Å²) < 4.78 is 0. The number of hydrogen-bond donors (Lipinski definition) is 2. The summed E-state index contributed by atoms with van der Waals surface area (Å²) in [6.07, 6.45) is 3.78. The molecule has 0 spiro atoms. The van der Waals surface area contributed by atoms with E-state index in [1.165, 1.54) is 4.90 Å². The zero-order valence-electron chi connectivity index (χ0n) is 13.0. The SMILES string of the molecule is CCNC(=O)CN(CC)C(=O)CC1(CC(=O)O)CCCC1. The van der Waals surface area contributed by atoms with Crippen LogP contribution < -0.4 is 5.32 Å². The third-order valence-electron chi connectivity index (χ3n) is 4.16. The molecule has 1 fully saturated rings. The number of aliphatic carboxylic acids is 1. The number of carbonyl (C=O) groups excluding carboxylic acids is 2. The number of likely N-dealkylation sites (N-methyl/N-ethyl adjacent to an activating group) is 2. The Bertz CT molecular complexity index is 389. The van der Waals surface area contributed by atoms with Crippen LogP contribution in [0.5, 0.6) is 0 Å². The van der Waals surface area contributed by atoms with Crippen LogP contribution in [-0.2, 0) is 14.4 Å². The van der Waals surface area contributed by atoms with Crippen LogP contribution in [0.3, 0.4) is 0 Å². The number of carboxylic acids is 1. The molecule has 0 saturated heterocycles. The molecular formula is C15H26N2O4. The maximum atomic E-state index is 12.4. The van der Waals surface area contributed by atoms with Crippen molar-refractivity contribution in [3.05, 3.63) is 0 Å². The Kier molecular flexibility index (Phi) is 6.65. The Morgan fingerprint density at radius 3 is 2.24 bits per heavy atom. The van der Waals surface area contributed by atoms with Gasteiger partial charge in [0, 0.05) is 19.5 Å². The number of carboxylic acid groups (broad SMARTS) is 1. The summed E-state index contributed by atoms with van der Waals surface area (Å²) in [7, 11) is 0. The topological polar surface area (TPSA) is 86.7 Å². The summed E-state index contributed by atoms with van der Waals surface area (Å²) in [5, 5.41) is 11.7. The Hall–Kier alpha value is -1.59. The molecule has 0 bridgehead atoms. The van der Waals surface area contributed by atoms with Crippen molar-refractivity contribution in [2.24, 2.45) is 5.41 Å². The fourth-order valence-corrected chi connectivity index (χ4v) is 3.10. The number of rotatable bonds is 8. The second kappa shape index (κ2) is 8.00. The lowest BCUT2D eigenvalue weighted by Gasteiger charge is -2.30. The maximum Gasteiger partial charge on any atom is 0.303 e. The monoisotopic (exact) mass is 298 g/mol. The molecule has 0 aromatic carbocycles. The van der Waals surface area contributed by atoms with Crippen molar-refractivity contribution < 1.29 is 19.5 Å². The number of nitrogens with one attached hydrogen (secondary N) is 1.